The van der Waals surface area contributed by atoms with Crippen LogP contribution in [0.4, 0.5) is 18.9 Å². The molecule has 0 aliphatic rings. The lowest BCUT2D eigenvalue weighted by Gasteiger charge is -2.10. The lowest BCUT2D eigenvalue weighted by atomic mass is 10.1. The Morgan fingerprint density at radius 2 is 2.00 bits per heavy atom. The maximum Gasteiger partial charge on any atom is 0.422 e. The molecule has 1 aromatic carbocycles. The first-order valence-corrected chi connectivity index (χ1v) is 6.90. The number of hydrogen-bond acceptors (Lipinski definition) is 4. The van der Waals surface area contributed by atoms with Crippen molar-refractivity contribution in [2.24, 2.45) is 0 Å². The van der Waals surface area contributed by atoms with E-state index in [0.29, 0.717) is 17.0 Å². The van der Waals surface area contributed by atoms with E-state index >= 15 is 0 Å². The van der Waals surface area contributed by atoms with Crippen LogP contribution in [0.3, 0.4) is 0 Å². The van der Waals surface area contributed by atoms with Crippen molar-refractivity contribution >= 4 is 11.6 Å². The Morgan fingerprint density at radius 3 is 2.58 bits per heavy atom. The molecule has 0 saturated carbocycles. The van der Waals surface area contributed by atoms with Crippen LogP contribution in [0.5, 0.6) is 11.6 Å². The van der Waals surface area contributed by atoms with Crippen LogP contribution in [0.15, 0.2) is 36.5 Å². The summed E-state index contributed by atoms with van der Waals surface area (Å²) in [6, 6.07) is 7.64. The van der Waals surface area contributed by atoms with Gasteiger partial charge in [0, 0.05) is 11.6 Å². The Morgan fingerprint density at radius 1 is 1.25 bits per heavy atom. The maximum atomic E-state index is 12.2. The monoisotopic (exact) mass is 340 g/mol. The Hall–Kier alpha value is -2.77. The van der Waals surface area contributed by atoms with E-state index in [1.54, 1.807) is 18.2 Å². The Bertz CT molecular complexity index is 715. The van der Waals surface area contributed by atoms with Crippen LogP contribution in [0.25, 0.3) is 0 Å². The summed E-state index contributed by atoms with van der Waals surface area (Å²) in [5.41, 5.74) is 1.61. The van der Waals surface area contributed by atoms with Gasteiger partial charge in [-0.05, 0) is 30.7 Å². The Labute approximate surface area is 136 Å². The lowest BCUT2D eigenvalue weighted by Crippen LogP contribution is -2.19. The van der Waals surface area contributed by atoms with Crippen molar-refractivity contribution in [2.75, 3.05) is 19.0 Å². The van der Waals surface area contributed by atoms with Gasteiger partial charge in [-0.3, -0.25) is 4.79 Å². The molecule has 1 aromatic heterocycles. The second-order valence-electron chi connectivity index (χ2n) is 4.93. The van der Waals surface area contributed by atoms with Gasteiger partial charge in [0.2, 0.25) is 5.88 Å². The number of carbonyl (C=O) groups excluding carboxylic acids is 1. The number of alkyl halides is 3. The topological polar surface area (TPSA) is 60.5 Å². The number of carbonyl (C=O) groups is 1. The zero-order valence-corrected chi connectivity index (χ0v) is 13.0. The number of rotatable bonds is 5. The molecule has 0 saturated heterocycles. The number of hydrogen-bond donors (Lipinski definition) is 1. The fourth-order valence-corrected chi connectivity index (χ4v) is 1.86. The van der Waals surface area contributed by atoms with E-state index in [0.717, 1.165) is 5.56 Å². The molecule has 0 fully saturated rings. The van der Waals surface area contributed by atoms with E-state index in [2.05, 4.69) is 15.0 Å². The van der Waals surface area contributed by atoms with E-state index in [1.165, 1.54) is 25.4 Å². The van der Waals surface area contributed by atoms with E-state index in [4.69, 9.17) is 4.74 Å². The van der Waals surface area contributed by atoms with Crippen molar-refractivity contribution < 1.29 is 27.4 Å². The molecule has 2 rings (SSSR count). The first-order chi connectivity index (χ1) is 11.3. The highest BCUT2D eigenvalue weighted by molar-refractivity contribution is 6.04. The summed E-state index contributed by atoms with van der Waals surface area (Å²) >= 11 is 0. The fourth-order valence-electron chi connectivity index (χ4n) is 1.86. The van der Waals surface area contributed by atoms with Gasteiger partial charge in [-0.25, -0.2) is 4.98 Å². The van der Waals surface area contributed by atoms with E-state index in [9.17, 15) is 18.0 Å². The van der Waals surface area contributed by atoms with Gasteiger partial charge in [0.15, 0.2) is 6.61 Å². The van der Waals surface area contributed by atoms with Crippen LogP contribution in [0.2, 0.25) is 0 Å². The van der Waals surface area contributed by atoms with Gasteiger partial charge in [0.05, 0.1) is 19.0 Å². The van der Waals surface area contributed by atoms with Gasteiger partial charge in [-0.1, -0.05) is 6.07 Å². The molecule has 0 radical (unpaired) electrons. The first-order valence-electron chi connectivity index (χ1n) is 6.90. The van der Waals surface area contributed by atoms with Gasteiger partial charge in [-0.2, -0.15) is 13.2 Å². The predicted octanol–water partition coefficient (Wildman–Crippen LogP) is 3.59. The number of methoxy groups -OCH3 is 1. The highest BCUT2D eigenvalue weighted by Crippen LogP contribution is 2.21. The summed E-state index contributed by atoms with van der Waals surface area (Å²) in [6.45, 7) is 0.430. The van der Waals surface area contributed by atoms with Crippen LogP contribution < -0.4 is 14.8 Å². The number of benzene rings is 1. The van der Waals surface area contributed by atoms with Gasteiger partial charge in [0.1, 0.15) is 5.75 Å². The minimum atomic E-state index is -4.43. The minimum absolute atomic E-state index is 0.178. The number of nitrogens with one attached hydrogen (secondary N) is 1. The number of amides is 1. The van der Waals surface area contributed by atoms with Crippen molar-refractivity contribution in [3.8, 4) is 11.6 Å². The van der Waals surface area contributed by atoms with E-state index in [1.807, 2.05) is 6.92 Å². The molecule has 8 heteroatoms. The zero-order chi connectivity index (χ0) is 17.7. The number of halogens is 3. The van der Waals surface area contributed by atoms with Crippen LogP contribution in [-0.2, 0) is 0 Å². The van der Waals surface area contributed by atoms with Crippen molar-refractivity contribution in [1.29, 1.82) is 0 Å². The summed E-state index contributed by atoms with van der Waals surface area (Å²) < 4.78 is 45.8. The average molecular weight is 340 g/mol. The quantitative estimate of drug-likeness (QED) is 0.904. The molecular formula is C16H15F3N2O3. The van der Waals surface area contributed by atoms with Crippen LogP contribution in [-0.4, -0.2) is 30.8 Å². The van der Waals surface area contributed by atoms with Crippen LogP contribution >= 0.6 is 0 Å². The van der Waals surface area contributed by atoms with E-state index < -0.39 is 12.8 Å². The van der Waals surface area contributed by atoms with Gasteiger partial charge < -0.3 is 14.8 Å². The normalized spacial score (nSPS) is 11.0. The molecule has 2 aromatic rings. The lowest BCUT2D eigenvalue weighted by molar-refractivity contribution is -0.154. The molecule has 24 heavy (non-hydrogen) atoms. The predicted molar refractivity (Wildman–Crippen MR) is 81.5 cm³/mol. The number of aromatic nitrogens is 1. The first kappa shape index (κ1) is 17.6. The van der Waals surface area contributed by atoms with Crippen molar-refractivity contribution in [3.63, 3.8) is 0 Å². The van der Waals surface area contributed by atoms with Crippen molar-refractivity contribution in [1.82, 2.24) is 4.98 Å². The summed E-state index contributed by atoms with van der Waals surface area (Å²) in [5, 5.41) is 2.59. The van der Waals surface area contributed by atoms with Crippen LogP contribution in [0.1, 0.15) is 15.9 Å². The molecule has 0 aliphatic heterocycles. The highest BCUT2D eigenvalue weighted by Gasteiger charge is 2.28. The molecule has 1 amide bonds. The molecule has 128 valence electrons. The molecule has 0 bridgehead atoms. The Kier molecular flexibility index (Phi) is 5.28. The average Bonchev–Trinajstić information content (AvgIpc) is 2.54. The number of nitrogens with zero attached hydrogens (tertiary/aromatic N) is 1. The summed E-state index contributed by atoms with van der Waals surface area (Å²) in [7, 11) is 1.51. The molecule has 1 heterocycles. The number of aryl methyl sites for hydroxylation is 1. The standard InChI is InChI=1S/C16H15F3N2O3/c1-10-3-4-11(7-13(10)23-2)15(22)21-12-5-6-14(20-8-12)24-9-16(17,18)19/h3-8H,9H2,1-2H3,(H,21,22). The third-order valence-corrected chi connectivity index (χ3v) is 3.05. The molecule has 1 N–H and O–H groups in total. The molecular weight excluding hydrogens is 325 g/mol. The Balaban J connectivity index is 2.01. The fraction of sp³-hybridized carbons (Fsp3) is 0.250. The van der Waals surface area contributed by atoms with Crippen molar-refractivity contribution in [3.05, 3.63) is 47.7 Å². The summed E-state index contributed by atoms with van der Waals surface area (Å²) in [6.07, 6.45) is -3.21. The number of ether oxygens (including phenoxy) is 2. The van der Waals surface area contributed by atoms with E-state index in [-0.39, 0.29) is 11.8 Å². The molecule has 0 aliphatic carbocycles. The minimum Gasteiger partial charge on any atom is -0.496 e. The third-order valence-electron chi connectivity index (χ3n) is 3.05. The van der Waals surface area contributed by atoms with Gasteiger partial charge in [-0.15, -0.1) is 0 Å². The second kappa shape index (κ2) is 7.20. The van der Waals surface area contributed by atoms with Crippen molar-refractivity contribution in [2.45, 2.75) is 13.1 Å². The molecule has 0 unspecified atom stereocenters. The summed E-state index contributed by atoms with van der Waals surface area (Å²) in [5.74, 6) is 0.0121. The van der Waals surface area contributed by atoms with Gasteiger partial charge >= 0.3 is 6.18 Å². The largest absolute Gasteiger partial charge is 0.496 e. The highest BCUT2D eigenvalue weighted by atomic mass is 19.4. The summed E-state index contributed by atoms with van der Waals surface area (Å²) in [4.78, 5) is 15.9. The molecule has 0 atom stereocenters. The zero-order valence-electron chi connectivity index (χ0n) is 13.0. The molecule has 0 spiro atoms. The maximum absolute atomic E-state index is 12.2. The van der Waals surface area contributed by atoms with Crippen LogP contribution in [0, 0.1) is 6.92 Å². The smallest absolute Gasteiger partial charge is 0.422 e. The third kappa shape index (κ3) is 4.87. The number of pyridine rings is 1. The van der Waals surface area contributed by atoms with Gasteiger partial charge in [0.25, 0.3) is 5.91 Å². The molecule has 5 nitrogen and oxygen atoms in total. The number of anilines is 1. The SMILES string of the molecule is COc1cc(C(=O)Nc2ccc(OCC(F)(F)F)nc2)ccc1C. The second-order valence-corrected chi connectivity index (χ2v) is 4.93.